The minimum Gasteiger partial charge on any atom is -0.277 e. The van der Waals surface area contributed by atoms with Crippen LogP contribution in [0.2, 0.25) is 0 Å². The summed E-state index contributed by atoms with van der Waals surface area (Å²) >= 11 is 0. The lowest BCUT2D eigenvalue weighted by Crippen LogP contribution is -2.42. The quantitative estimate of drug-likeness (QED) is 0.388. The highest BCUT2D eigenvalue weighted by molar-refractivity contribution is 5.77. The topological polar surface area (TPSA) is 49.4 Å². The molecule has 0 rings (SSSR count). The van der Waals surface area contributed by atoms with E-state index in [-0.39, 0.29) is 5.91 Å². The van der Waals surface area contributed by atoms with Crippen molar-refractivity contribution in [3.63, 3.8) is 0 Å². The Morgan fingerprint density at radius 1 is 1.47 bits per heavy atom. The molecule has 4 nitrogen and oxygen atoms in total. The fourth-order valence-corrected chi connectivity index (χ4v) is 0.980. The zero-order chi connectivity index (χ0) is 11.7. The Morgan fingerprint density at radius 2 is 2.13 bits per heavy atom. The van der Waals surface area contributed by atoms with Crippen molar-refractivity contribution in [1.29, 1.82) is 0 Å². The third-order valence-corrected chi connectivity index (χ3v) is 1.75. The summed E-state index contributed by atoms with van der Waals surface area (Å²) in [6.45, 7) is 9.18. The van der Waals surface area contributed by atoms with Gasteiger partial charge in [-0.3, -0.25) is 15.0 Å². The minimum atomic E-state index is -0.154. The number of allylic oxidation sites excluding steroid dienone is 2. The van der Waals surface area contributed by atoms with E-state index >= 15 is 0 Å². The largest absolute Gasteiger partial charge is 0.277 e. The van der Waals surface area contributed by atoms with E-state index in [9.17, 15) is 9.59 Å². The SMILES string of the molecule is C=C/C=C(\C=C)CN(NC=O)C(=O)CC. The molecule has 1 N–H and O–H groups in total. The molecule has 0 atom stereocenters. The summed E-state index contributed by atoms with van der Waals surface area (Å²) in [6.07, 6.45) is 5.76. The average molecular weight is 208 g/mol. The molecule has 0 spiro atoms. The number of hydrogen-bond donors (Lipinski definition) is 1. The number of hydrogen-bond acceptors (Lipinski definition) is 2. The smallest absolute Gasteiger partial charge is 0.241 e. The first-order valence-electron chi connectivity index (χ1n) is 4.63. The number of nitrogens with one attached hydrogen (secondary N) is 1. The fourth-order valence-electron chi connectivity index (χ4n) is 0.980. The molecule has 82 valence electrons. The van der Waals surface area contributed by atoms with Crippen LogP contribution in [0.25, 0.3) is 0 Å². The minimum absolute atomic E-state index is 0.154. The Hall–Kier alpha value is -1.84. The van der Waals surface area contributed by atoms with Crippen molar-refractivity contribution in [3.05, 3.63) is 37.0 Å². The van der Waals surface area contributed by atoms with Gasteiger partial charge in [0.15, 0.2) is 0 Å². The summed E-state index contributed by atoms with van der Waals surface area (Å²) in [7, 11) is 0. The van der Waals surface area contributed by atoms with Crippen LogP contribution in [0, 0.1) is 0 Å². The molecule has 0 fully saturated rings. The van der Waals surface area contributed by atoms with Gasteiger partial charge in [0.05, 0.1) is 6.54 Å². The summed E-state index contributed by atoms with van der Waals surface area (Å²) < 4.78 is 0. The fraction of sp³-hybridized carbons (Fsp3) is 0.273. The van der Waals surface area contributed by atoms with Gasteiger partial charge in [0, 0.05) is 6.42 Å². The number of rotatable bonds is 7. The molecular weight excluding hydrogens is 192 g/mol. The molecule has 0 radical (unpaired) electrons. The zero-order valence-corrected chi connectivity index (χ0v) is 8.90. The van der Waals surface area contributed by atoms with E-state index < -0.39 is 0 Å². The normalized spacial score (nSPS) is 10.3. The van der Waals surface area contributed by atoms with Gasteiger partial charge < -0.3 is 0 Å². The second-order valence-corrected chi connectivity index (χ2v) is 2.76. The highest BCUT2D eigenvalue weighted by Gasteiger charge is 2.10. The molecule has 2 amide bonds. The van der Waals surface area contributed by atoms with Gasteiger partial charge in [-0.25, -0.2) is 5.01 Å². The number of carbonyl (C=O) groups excluding carboxylic acids is 2. The Balaban J connectivity index is 4.57. The second-order valence-electron chi connectivity index (χ2n) is 2.76. The van der Waals surface area contributed by atoms with Gasteiger partial charge in [-0.15, -0.1) is 0 Å². The van der Waals surface area contributed by atoms with Gasteiger partial charge in [-0.2, -0.15) is 0 Å². The Kier molecular flexibility index (Phi) is 6.63. The van der Waals surface area contributed by atoms with Gasteiger partial charge in [-0.1, -0.05) is 38.3 Å². The van der Waals surface area contributed by atoms with Crippen LogP contribution in [0.3, 0.4) is 0 Å². The predicted molar refractivity (Wildman–Crippen MR) is 59.7 cm³/mol. The summed E-state index contributed by atoms with van der Waals surface area (Å²) in [5, 5.41) is 1.24. The maximum absolute atomic E-state index is 11.4. The molecule has 0 aliphatic heterocycles. The number of carbonyl (C=O) groups is 2. The number of nitrogens with zero attached hydrogens (tertiary/aromatic N) is 1. The van der Waals surface area contributed by atoms with Crippen molar-refractivity contribution in [3.8, 4) is 0 Å². The van der Waals surface area contributed by atoms with Gasteiger partial charge in [0.1, 0.15) is 0 Å². The third kappa shape index (κ3) is 4.81. The first kappa shape index (κ1) is 13.2. The second kappa shape index (κ2) is 7.55. The van der Waals surface area contributed by atoms with Crippen LogP contribution in [-0.2, 0) is 9.59 Å². The van der Waals surface area contributed by atoms with E-state index in [0.717, 1.165) is 5.57 Å². The van der Waals surface area contributed by atoms with Gasteiger partial charge in [0.2, 0.25) is 12.3 Å². The molecule has 0 aromatic heterocycles. The van der Waals surface area contributed by atoms with Crippen molar-refractivity contribution in [2.24, 2.45) is 0 Å². The molecule has 0 aliphatic carbocycles. The van der Waals surface area contributed by atoms with E-state index in [2.05, 4.69) is 18.6 Å². The van der Waals surface area contributed by atoms with Crippen LogP contribution in [0.15, 0.2) is 37.0 Å². The molecular formula is C11H16N2O2. The molecule has 0 aliphatic rings. The lowest BCUT2D eigenvalue weighted by molar-refractivity contribution is -0.136. The lowest BCUT2D eigenvalue weighted by Gasteiger charge is -2.20. The monoisotopic (exact) mass is 208 g/mol. The summed E-state index contributed by atoms with van der Waals surface area (Å²) in [5.74, 6) is -0.154. The van der Waals surface area contributed by atoms with Crippen molar-refractivity contribution >= 4 is 12.3 Å². The van der Waals surface area contributed by atoms with Crippen LogP contribution in [0.5, 0.6) is 0 Å². The Labute approximate surface area is 89.9 Å². The molecule has 0 saturated carbocycles. The third-order valence-electron chi connectivity index (χ3n) is 1.75. The Bertz CT molecular complexity index is 282. The molecule has 0 saturated heterocycles. The molecule has 0 aromatic rings. The molecule has 15 heavy (non-hydrogen) atoms. The maximum Gasteiger partial charge on any atom is 0.241 e. The predicted octanol–water partition coefficient (Wildman–Crippen LogP) is 1.18. The van der Waals surface area contributed by atoms with Crippen LogP contribution >= 0.6 is 0 Å². The first-order chi connectivity index (χ1) is 7.19. The van der Waals surface area contributed by atoms with E-state index in [0.29, 0.717) is 19.4 Å². The van der Waals surface area contributed by atoms with Crippen LogP contribution in [-0.4, -0.2) is 23.9 Å². The van der Waals surface area contributed by atoms with E-state index in [1.54, 1.807) is 25.2 Å². The van der Waals surface area contributed by atoms with Gasteiger partial charge in [0.25, 0.3) is 0 Å². The van der Waals surface area contributed by atoms with Crippen LogP contribution in [0.4, 0.5) is 0 Å². The zero-order valence-electron chi connectivity index (χ0n) is 8.90. The standard InChI is InChI=1S/C11H16N2O2/c1-4-7-10(5-2)8-13(12-9-14)11(15)6-3/h4-5,7,9H,1-2,6,8H2,3H3,(H,12,14)/b10-7+. The van der Waals surface area contributed by atoms with Gasteiger partial charge in [-0.05, 0) is 5.57 Å². The summed E-state index contributed by atoms with van der Waals surface area (Å²) in [4.78, 5) is 21.7. The van der Waals surface area contributed by atoms with Crippen molar-refractivity contribution in [1.82, 2.24) is 10.4 Å². The molecule has 0 heterocycles. The number of hydrazine groups is 1. The first-order valence-corrected chi connectivity index (χ1v) is 4.63. The van der Waals surface area contributed by atoms with Gasteiger partial charge >= 0.3 is 0 Å². The van der Waals surface area contributed by atoms with Crippen molar-refractivity contribution < 1.29 is 9.59 Å². The van der Waals surface area contributed by atoms with E-state index in [4.69, 9.17) is 0 Å². The average Bonchev–Trinajstić information content (AvgIpc) is 2.26. The van der Waals surface area contributed by atoms with Crippen molar-refractivity contribution in [2.45, 2.75) is 13.3 Å². The van der Waals surface area contributed by atoms with E-state index in [1.807, 2.05) is 0 Å². The van der Waals surface area contributed by atoms with Crippen molar-refractivity contribution in [2.75, 3.05) is 6.54 Å². The molecule has 0 bridgehead atoms. The molecule has 4 heteroatoms. The maximum atomic E-state index is 11.4. The summed E-state index contributed by atoms with van der Waals surface area (Å²) in [6, 6.07) is 0. The molecule has 0 aromatic carbocycles. The summed E-state index contributed by atoms with van der Waals surface area (Å²) in [5.41, 5.74) is 3.14. The highest BCUT2D eigenvalue weighted by atomic mass is 16.2. The van der Waals surface area contributed by atoms with Crippen LogP contribution in [0.1, 0.15) is 13.3 Å². The Morgan fingerprint density at radius 3 is 2.53 bits per heavy atom. The van der Waals surface area contributed by atoms with Crippen LogP contribution < -0.4 is 5.43 Å². The lowest BCUT2D eigenvalue weighted by atomic mass is 10.2. The number of amides is 2. The highest BCUT2D eigenvalue weighted by Crippen LogP contribution is 2.00. The van der Waals surface area contributed by atoms with E-state index in [1.165, 1.54) is 5.01 Å². The molecule has 0 unspecified atom stereocenters.